The number of rotatable bonds is 9. The van der Waals surface area contributed by atoms with Crippen molar-refractivity contribution in [1.82, 2.24) is 10.0 Å². The van der Waals surface area contributed by atoms with Crippen molar-refractivity contribution in [3.05, 3.63) is 59.7 Å². The van der Waals surface area contributed by atoms with Crippen LogP contribution >= 0.6 is 0 Å². The summed E-state index contributed by atoms with van der Waals surface area (Å²) < 4.78 is 36.3. The first-order chi connectivity index (χ1) is 13.8. The number of sulfonamides is 1. The van der Waals surface area contributed by atoms with Crippen LogP contribution in [0.4, 0.5) is 0 Å². The Morgan fingerprint density at radius 2 is 1.79 bits per heavy atom. The monoisotopic (exact) mass is 420 g/mol. The summed E-state index contributed by atoms with van der Waals surface area (Å²) in [5.74, 6) is -1.07. The van der Waals surface area contributed by atoms with E-state index in [0.717, 1.165) is 11.6 Å². The molecule has 2 aromatic rings. The van der Waals surface area contributed by atoms with Crippen LogP contribution in [0.2, 0.25) is 0 Å². The summed E-state index contributed by atoms with van der Waals surface area (Å²) in [6, 6.07) is 13.6. The van der Waals surface area contributed by atoms with Gasteiger partial charge in [0.1, 0.15) is 10.6 Å². The average Bonchev–Trinajstić information content (AvgIpc) is 2.75. The van der Waals surface area contributed by atoms with E-state index in [2.05, 4.69) is 10.0 Å². The maximum absolute atomic E-state index is 12.2. The molecular weight excluding hydrogens is 396 g/mol. The van der Waals surface area contributed by atoms with Crippen molar-refractivity contribution in [2.75, 3.05) is 27.3 Å². The fourth-order valence-electron chi connectivity index (χ4n) is 2.56. The van der Waals surface area contributed by atoms with E-state index in [9.17, 15) is 18.0 Å². The number of methoxy groups -OCH3 is 1. The number of esters is 1. The molecule has 1 atom stereocenters. The molecule has 0 bridgehead atoms. The lowest BCUT2D eigenvalue weighted by atomic mass is 10.0. The van der Waals surface area contributed by atoms with E-state index in [1.54, 1.807) is 0 Å². The van der Waals surface area contributed by atoms with Gasteiger partial charge >= 0.3 is 5.97 Å². The average molecular weight is 420 g/mol. The highest BCUT2D eigenvalue weighted by Gasteiger charge is 2.21. The molecule has 0 radical (unpaired) electrons. The normalized spacial score (nSPS) is 12.1. The minimum absolute atomic E-state index is 0.00919. The van der Waals surface area contributed by atoms with E-state index in [-0.39, 0.29) is 22.1 Å². The summed E-state index contributed by atoms with van der Waals surface area (Å²) in [5.41, 5.74) is 1.08. The molecule has 0 saturated carbocycles. The number of benzene rings is 2. The Hall–Kier alpha value is -2.91. The van der Waals surface area contributed by atoms with Crippen LogP contribution in [0.5, 0.6) is 5.75 Å². The first-order valence-electron chi connectivity index (χ1n) is 8.89. The zero-order chi connectivity index (χ0) is 21.4. The highest BCUT2D eigenvalue weighted by Crippen LogP contribution is 2.25. The number of nitrogens with one attached hydrogen (secondary N) is 2. The van der Waals surface area contributed by atoms with Crippen LogP contribution in [-0.4, -0.2) is 47.6 Å². The van der Waals surface area contributed by atoms with Crippen LogP contribution in [0.3, 0.4) is 0 Å². The van der Waals surface area contributed by atoms with Crippen LogP contribution in [0.15, 0.2) is 53.4 Å². The van der Waals surface area contributed by atoms with Crippen molar-refractivity contribution >= 4 is 21.9 Å². The van der Waals surface area contributed by atoms with E-state index in [1.165, 1.54) is 26.3 Å². The predicted octanol–water partition coefficient (Wildman–Crippen LogP) is 1.68. The van der Waals surface area contributed by atoms with Crippen molar-refractivity contribution in [3.63, 3.8) is 0 Å². The SMILES string of the molecule is CNS(=O)(=O)c1cc(C(=O)OCC(=O)NC[C@H](C)c2ccccc2)ccc1OC. The second-order valence-corrected chi connectivity index (χ2v) is 8.12. The fourth-order valence-corrected chi connectivity index (χ4v) is 3.47. The van der Waals surface area contributed by atoms with Crippen molar-refractivity contribution in [2.24, 2.45) is 0 Å². The fraction of sp³-hybridized carbons (Fsp3) is 0.300. The summed E-state index contributed by atoms with van der Waals surface area (Å²) in [4.78, 5) is 24.0. The molecule has 0 aliphatic carbocycles. The molecule has 0 heterocycles. The number of carbonyl (C=O) groups excluding carboxylic acids is 2. The van der Waals surface area contributed by atoms with Crippen molar-refractivity contribution < 1.29 is 27.5 Å². The predicted molar refractivity (Wildman–Crippen MR) is 107 cm³/mol. The molecular formula is C20H24N2O6S. The van der Waals surface area contributed by atoms with E-state index in [4.69, 9.17) is 9.47 Å². The largest absolute Gasteiger partial charge is 0.495 e. The topological polar surface area (TPSA) is 111 Å². The zero-order valence-electron chi connectivity index (χ0n) is 16.5. The third kappa shape index (κ3) is 6.03. The Morgan fingerprint density at radius 3 is 2.41 bits per heavy atom. The smallest absolute Gasteiger partial charge is 0.338 e. The first-order valence-corrected chi connectivity index (χ1v) is 10.4. The van der Waals surface area contributed by atoms with Gasteiger partial charge in [0.05, 0.1) is 12.7 Å². The van der Waals surface area contributed by atoms with E-state index < -0.39 is 28.5 Å². The van der Waals surface area contributed by atoms with Crippen LogP contribution < -0.4 is 14.8 Å². The van der Waals surface area contributed by atoms with Gasteiger partial charge in [-0.05, 0) is 36.7 Å². The third-order valence-electron chi connectivity index (χ3n) is 4.27. The highest BCUT2D eigenvalue weighted by atomic mass is 32.2. The third-order valence-corrected chi connectivity index (χ3v) is 5.70. The van der Waals surface area contributed by atoms with Gasteiger partial charge in [-0.25, -0.2) is 17.9 Å². The molecule has 0 saturated heterocycles. The molecule has 1 amide bonds. The Bertz CT molecular complexity index is 960. The molecule has 0 unspecified atom stereocenters. The van der Waals surface area contributed by atoms with Gasteiger partial charge in [-0.3, -0.25) is 4.79 Å². The van der Waals surface area contributed by atoms with Gasteiger partial charge in [0.15, 0.2) is 6.61 Å². The minimum Gasteiger partial charge on any atom is -0.495 e. The summed E-state index contributed by atoms with van der Waals surface area (Å²) >= 11 is 0. The Balaban J connectivity index is 1.95. The van der Waals surface area contributed by atoms with Crippen LogP contribution in [-0.2, 0) is 19.6 Å². The minimum atomic E-state index is -3.83. The van der Waals surface area contributed by atoms with Crippen LogP contribution in [0.1, 0.15) is 28.8 Å². The number of ether oxygens (including phenoxy) is 2. The molecule has 2 rings (SSSR count). The molecule has 0 aliphatic rings. The quantitative estimate of drug-likeness (QED) is 0.597. The number of hydrogen-bond acceptors (Lipinski definition) is 6. The number of hydrogen-bond donors (Lipinski definition) is 2. The molecule has 9 heteroatoms. The maximum Gasteiger partial charge on any atom is 0.338 e. The maximum atomic E-state index is 12.2. The summed E-state index contributed by atoms with van der Waals surface area (Å²) in [7, 11) is -1.26. The summed E-state index contributed by atoms with van der Waals surface area (Å²) in [5, 5.41) is 2.71. The van der Waals surface area contributed by atoms with Gasteiger partial charge in [-0.1, -0.05) is 37.3 Å². The zero-order valence-corrected chi connectivity index (χ0v) is 17.3. The second-order valence-electron chi connectivity index (χ2n) is 6.27. The first kappa shape index (κ1) is 22.4. The standard InChI is InChI=1S/C20H24N2O6S/c1-14(15-7-5-4-6-8-15)12-22-19(23)13-28-20(24)16-9-10-17(27-3)18(11-16)29(25,26)21-2/h4-11,14,21H,12-13H2,1-3H3,(H,22,23)/t14-/m0/s1. The molecule has 2 aromatic carbocycles. The van der Waals surface area contributed by atoms with Crippen molar-refractivity contribution in [2.45, 2.75) is 17.7 Å². The van der Waals surface area contributed by atoms with Gasteiger partial charge < -0.3 is 14.8 Å². The molecule has 0 aromatic heterocycles. The summed E-state index contributed by atoms with van der Waals surface area (Å²) in [6.45, 7) is 1.90. The lowest BCUT2D eigenvalue weighted by Gasteiger charge is -2.13. The van der Waals surface area contributed by atoms with Gasteiger partial charge in [0.2, 0.25) is 10.0 Å². The van der Waals surface area contributed by atoms with Gasteiger partial charge in [0.25, 0.3) is 5.91 Å². The van der Waals surface area contributed by atoms with Crippen molar-refractivity contribution in [3.8, 4) is 5.75 Å². The van der Waals surface area contributed by atoms with Crippen LogP contribution in [0.25, 0.3) is 0 Å². The van der Waals surface area contributed by atoms with Gasteiger partial charge in [-0.2, -0.15) is 0 Å². The summed E-state index contributed by atoms with van der Waals surface area (Å²) in [6.07, 6.45) is 0. The van der Waals surface area contributed by atoms with Gasteiger partial charge in [0, 0.05) is 6.54 Å². The molecule has 0 aliphatic heterocycles. The molecule has 2 N–H and O–H groups in total. The molecule has 29 heavy (non-hydrogen) atoms. The molecule has 0 spiro atoms. The second kappa shape index (κ2) is 10.0. The van der Waals surface area contributed by atoms with Crippen molar-refractivity contribution in [1.29, 1.82) is 0 Å². The molecule has 156 valence electrons. The lowest BCUT2D eigenvalue weighted by molar-refractivity contribution is -0.124. The Labute approximate surface area is 170 Å². The number of carbonyl (C=O) groups is 2. The molecule has 0 fully saturated rings. The highest BCUT2D eigenvalue weighted by molar-refractivity contribution is 7.89. The Morgan fingerprint density at radius 1 is 1.10 bits per heavy atom. The van der Waals surface area contributed by atoms with E-state index in [1.807, 2.05) is 37.3 Å². The Kier molecular flexibility index (Phi) is 7.74. The van der Waals surface area contributed by atoms with E-state index in [0.29, 0.717) is 6.54 Å². The van der Waals surface area contributed by atoms with Crippen LogP contribution in [0, 0.1) is 0 Å². The lowest BCUT2D eigenvalue weighted by Crippen LogP contribution is -2.31. The van der Waals surface area contributed by atoms with E-state index >= 15 is 0 Å². The number of amides is 1. The molecule has 8 nitrogen and oxygen atoms in total. The van der Waals surface area contributed by atoms with Gasteiger partial charge in [-0.15, -0.1) is 0 Å².